The molecule has 0 aliphatic heterocycles. The topological polar surface area (TPSA) is 12.0 Å². The molecule has 0 aromatic heterocycles. The van der Waals surface area contributed by atoms with Crippen molar-refractivity contribution in [1.29, 1.82) is 0 Å². The smallest absolute Gasteiger partial charge is 0.146 e. The van der Waals surface area contributed by atoms with Crippen molar-refractivity contribution in [3.63, 3.8) is 0 Å². The van der Waals surface area contributed by atoms with E-state index in [0.29, 0.717) is 5.56 Å². The van der Waals surface area contributed by atoms with Gasteiger partial charge in [-0.2, -0.15) is 0 Å². The van der Waals surface area contributed by atoms with E-state index in [4.69, 9.17) is 11.6 Å². The zero-order chi connectivity index (χ0) is 11.3. The fourth-order valence-electron chi connectivity index (χ4n) is 1.53. The van der Waals surface area contributed by atoms with Gasteiger partial charge in [-0.1, -0.05) is 29.8 Å². The van der Waals surface area contributed by atoms with Crippen molar-refractivity contribution in [3.8, 4) is 0 Å². The van der Waals surface area contributed by atoms with Crippen LogP contribution in [0.1, 0.15) is 24.4 Å². The highest BCUT2D eigenvalue weighted by atomic mass is 35.5. The van der Waals surface area contributed by atoms with Gasteiger partial charge in [-0.05, 0) is 26.0 Å². The van der Waals surface area contributed by atoms with Crippen LogP contribution in [0.25, 0.3) is 0 Å². The average molecular weight is 228 g/mol. The van der Waals surface area contributed by atoms with E-state index in [0.717, 1.165) is 12.8 Å². The Labute approximate surface area is 95.0 Å². The highest BCUT2D eigenvalue weighted by Gasteiger charge is 2.14. The summed E-state index contributed by atoms with van der Waals surface area (Å²) >= 11 is 5.73. The van der Waals surface area contributed by atoms with Crippen LogP contribution in [0.3, 0.4) is 0 Å². The SMILES string of the molecule is C=CCCC(NC)c1cccc(Cl)c1F. The van der Waals surface area contributed by atoms with E-state index in [9.17, 15) is 4.39 Å². The molecule has 0 spiro atoms. The molecule has 15 heavy (non-hydrogen) atoms. The van der Waals surface area contributed by atoms with E-state index in [2.05, 4.69) is 11.9 Å². The summed E-state index contributed by atoms with van der Waals surface area (Å²) in [5.74, 6) is -0.331. The van der Waals surface area contributed by atoms with Gasteiger partial charge in [0.05, 0.1) is 5.02 Å². The first kappa shape index (κ1) is 12.2. The lowest BCUT2D eigenvalue weighted by atomic mass is 10.0. The standard InChI is InChI=1S/C12H15ClFN/c1-3-4-8-11(15-2)9-6-5-7-10(13)12(9)14/h3,5-7,11,15H,1,4,8H2,2H3. The maximum absolute atomic E-state index is 13.7. The van der Waals surface area contributed by atoms with Crippen molar-refractivity contribution in [2.24, 2.45) is 0 Å². The molecule has 1 aromatic rings. The molecule has 1 N–H and O–H groups in total. The van der Waals surface area contributed by atoms with E-state index in [-0.39, 0.29) is 16.9 Å². The molecular formula is C12H15ClFN. The van der Waals surface area contributed by atoms with Crippen molar-refractivity contribution in [1.82, 2.24) is 5.32 Å². The quantitative estimate of drug-likeness (QED) is 0.757. The van der Waals surface area contributed by atoms with E-state index in [1.807, 2.05) is 13.1 Å². The Balaban J connectivity index is 2.90. The van der Waals surface area contributed by atoms with Gasteiger partial charge in [-0.3, -0.25) is 0 Å². The fourth-order valence-corrected chi connectivity index (χ4v) is 1.71. The molecule has 1 atom stereocenters. The number of hydrogen-bond donors (Lipinski definition) is 1. The third kappa shape index (κ3) is 3.05. The number of benzene rings is 1. The van der Waals surface area contributed by atoms with Gasteiger partial charge in [0.1, 0.15) is 5.82 Å². The zero-order valence-corrected chi connectivity index (χ0v) is 9.52. The minimum Gasteiger partial charge on any atom is -0.313 e. The summed E-state index contributed by atoms with van der Waals surface area (Å²) in [6.07, 6.45) is 3.49. The molecule has 1 rings (SSSR count). The van der Waals surface area contributed by atoms with Crippen molar-refractivity contribution < 1.29 is 4.39 Å². The van der Waals surface area contributed by atoms with Crippen LogP contribution >= 0.6 is 11.6 Å². The minimum atomic E-state index is -0.331. The third-order valence-corrected chi connectivity index (χ3v) is 2.66. The highest BCUT2D eigenvalue weighted by Crippen LogP contribution is 2.25. The molecule has 0 saturated heterocycles. The number of allylic oxidation sites excluding steroid dienone is 1. The summed E-state index contributed by atoms with van der Waals surface area (Å²) in [7, 11) is 1.81. The molecule has 0 aliphatic carbocycles. The lowest BCUT2D eigenvalue weighted by molar-refractivity contribution is 0.512. The largest absolute Gasteiger partial charge is 0.313 e. The summed E-state index contributed by atoms with van der Waals surface area (Å²) in [5, 5.41) is 3.25. The number of hydrogen-bond acceptors (Lipinski definition) is 1. The molecule has 0 aliphatic rings. The van der Waals surface area contributed by atoms with Crippen molar-refractivity contribution in [2.75, 3.05) is 7.05 Å². The van der Waals surface area contributed by atoms with Gasteiger partial charge in [-0.25, -0.2) is 4.39 Å². The van der Waals surface area contributed by atoms with Crippen LogP contribution < -0.4 is 5.32 Å². The van der Waals surface area contributed by atoms with Crippen LogP contribution in [0.5, 0.6) is 0 Å². The van der Waals surface area contributed by atoms with E-state index >= 15 is 0 Å². The van der Waals surface area contributed by atoms with Crippen LogP contribution in [0, 0.1) is 5.82 Å². The molecule has 1 unspecified atom stereocenters. The Hall–Kier alpha value is -0.860. The van der Waals surface area contributed by atoms with Gasteiger partial charge in [0.2, 0.25) is 0 Å². The van der Waals surface area contributed by atoms with Gasteiger partial charge in [-0.15, -0.1) is 6.58 Å². The summed E-state index contributed by atoms with van der Waals surface area (Å²) in [6.45, 7) is 3.65. The van der Waals surface area contributed by atoms with Gasteiger partial charge in [0.25, 0.3) is 0 Å². The number of rotatable bonds is 5. The summed E-state index contributed by atoms with van der Waals surface area (Å²) in [5.41, 5.74) is 0.617. The lowest BCUT2D eigenvalue weighted by Gasteiger charge is -2.16. The van der Waals surface area contributed by atoms with Crippen LogP contribution in [0.2, 0.25) is 5.02 Å². The summed E-state index contributed by atoms with van der Waals surface area (Å²) in [6, 6.07) is 5.06. The van der Waals surface area contributed by atoms with Crippen LogP contribution in [-0.4, -0.2) is 7.05 Å². The Morgan fingerprint density at radius 3 is 2.93 bits per heavy atom. The predicted molar refractivity (Wildman–Crippen MR) is 62.6 cm³/mol. The van der Waals surface area contributed by atoms with Crippen LogP contribution in [0.15, 0.2) is 30.9 Å². The molecule has 3 heteroatoms. The first-order valence-corrected chi connectivity index (χ1v) is 5.30. The van der Waals surface area contributed by atoms with E-state index in [1.165, 1.54) is 0 Å². The molecular weight excluding hydrogens is 213 g/mol. The van der Waals surface area contributed by atoms with Crippen LogP contribution in [-0.2, 0) is 0 Å². The zero-order valence-electron chi connectivity index (χ0n) is 8.76. The second-order valence-electron chi connectivity index (χ2n) is 3.35. The van der Waals surface area contributed by atoms with Crippen molar-refractivity contribution in [3.05, 3.63) is 47.3 Å². The molecule has 0 radical (unpaired) electrons. The van der Waals surface area contributed by atoms with Gasteiger partial charge >= 0.3 is 0 Å². The summed E-state index contributed by atoms with van der Waals surface area (Å²) < 4.78 is 13.7. The fraction of sp³-hybridized carbons (Fsp3) is 0.333. The second kappa shape index (κ2) is 5.89. The highest BCUT2D eigenvalue weighted by molar-refractivity contribution is 6.30. The lowest BCUT2D eigenvalue weighted by Crippen LogP contribution is -2.17. The second-order valence-corrected chi connectivity index (χ2v) is 3.76. The number of nitrogens with one attached hydrogen (secondary N) is 1. The monoisotopic (exact) mass is 227 g/mol. The number of halogens is 2. The normalized spacial score (nSPS) is 12.5. The molecule has 1 aromatic carbocycles. The van der Waals surface area contributed by atoms with Gasteiger partial charge in [0, 0.05) is 11.6 Å². The van der Waals surface area contributed by atoms with Crippen molar-refractivity contribution >= 4 is 11.6 Å². The maximum atomic E-state index is 13.7. The maximum Gasteiger partial charge on any atom is 0.146 e. The Morgan fingerprint density at radius 1 is 1.60 bits per heavy atom. The molecule has 0 fully saturated rings. The van der Waals surface area contributed by atoms with Crippen LogP contribution in [0.4, 0.5) is 4.39 Å². The Kier molecular flexibility index (Phi) is 4.79. The first-order chi connectivity index (χ1) is 7.20. The summed E-state index contributed by atoms with van der Waals surface area (Å²) in [4.78, 5) is 0. The minimum absolute atomic E-state index is 0.0123. The average Bonchev–Trinajstić information content (AvgIpc) is 2.25. The molecule has 0 bridgehead atoms. The first-order valence-electron chi connectivity index (χ1n) is 4.92. The van der Waals surface area contributed by atoms with Crippen molar-refractivity contribution in [2.45, 2.75) is 18.9 Å². The molecule has 0 heterocycles. The third-order valence-electron chi connectivity index (χ3n) is 2.36. The molecule has 0 saturated carbocycles. The molecule has 0 amide bonds. The Morgan fingerprint density at radius 2 is 2.33 bits per heavy atom. The van der Waals surface area contributed by atoms with E-state index < -0.39 is 0 Å². The van der Waals surface area contributed by atoms with Gasteiger partial charge < -0.3 is 5.32 Å². The van der Waals surface area contributed by atoms with Gasteiger partial charge in [0.15, 0.2) is 0 Å². The molecule has 82 valence electrons. The Bertz CT molecular complexity index is 338. The van der Waals surface area contributed by atoms with E-state index in [1.54, 1.807) is 18.2 Å². The molecule has 1 nitrogen and oxygen atoms in total. The predicted octanol–water partition coefficient (Wildman–Crippen LogP) is 3.71.